The lowest BCUT2D eigenvalue weighted by Crippen LogP contribution is -2.39. The molecule has 2 N–H and O–H groups in total. The van der Waals surface area contributed by atoms with Gasteiger partial charge in [0.25, 0.3) is 0 Å². The Morgan fingerprint density at radius 2 is 1.88 bits per heavy atom. The minimum atomic E-state index is -0.748. The van der Waals surface area contributed by atoms with Crippen LogP contribution >= 0.6 is 0 Å². The van der Waals surface area contributed by atoms with Crippen LogP contribution in [0, 0.1) is 0 Å². The van der Waals surface area contributed by atoms with Gasteiger partial charge in [-0.2, -0.15) is 0 Å². The number of para-hydroxylation sites is 1. The van der Waals surface area contributed by atoms with Crippen LogP contribution in [-0.2, 0) is 0 Å². The fourth-order valence-electron chi connectivity index (χ4n) is 1.96. The van der Waals surface area contributed by atoms with Crippen molar-refractivity contribution in [2.45, 2.75) is 39.4 Å². The van der Waals surface area contributed by atoms with Crippen LogP contribution in [0.3, 0.4) is 0 Å². The predicted molar refractivity (Wildman–Crippen MR) is 71.3 cm³/mol. The summed E-state index contributed by atoms with van der Waals surface area (Å²) in [5, 5.41) is 19.7. The van der Waals surface area contributed by atoms with Crippen LogP contribution in [-0.4, -0.2) is 28.9 Å². The molecule has 1 rings (SSSR count). The molecule has 1 atom stereocenters. The molecular formula is C14H23NO2. The zero-order valence-corrected chi connectivity index (χ0v) is 11.1. The molecule has 1 aromatic rings. The summed E-state index contributed by atoms with van der Waals surface area (Å²) in [4.78, 5) is 2.09. The van der Waals surface area contributed by atoms with E-state index in [9.17, 15) is 10.2 Å². The number of benzene rings is 1. The molecule has 0 aliphatic rings. The van der Waals surface area contributed by atoms with Crippen LogP contribution in [0.2, 0.25) is 0 Å². The Balaban J connectivity index is 3.03. The van der Waals surface area contributed by atoms with E-state index in [1.165, 1.54) is 0 Å². The highest BCUT2D eigenvalue weighted by Gasteiger charge is 2.20. The molecule has 3 heteroatoms. The van der Waals surface area contributed by atoms with Crippen molar-refractivity contribution in [1.29, 1.82) is 0 Å². The number of hydrogen-bond donors (Lipinski definition) is 2. The molecule has 0 bridgehead atoms. The van der Waals surface area contributed by atoms with E-state index in [1.807, 2.05) is 31.2 Å². The van der Waals surface area contributed by atoms with Crippen molar-refractivity contribution in [2.24, 2.45) is 0 Å². The second-order valence-corrected chi connectivity index (χ2v) is 5.06. The number of nitrogens with zero attached hydrogens (tertiary/aromatic N) is 1. The number of rotatable bonds is 5. The van der Waals surface area contributed by atoms with E-state index >= 15 is 0 Å². The first-order chi connectivity index (χ1) is 7.85. The van der Waals surface area contributed by atoms with E-state index in [0.717, 1.165) is 17.8 Å². The monoisotopic (exact) mass is 237 g/mol. The number of aliphatic hydroxyl groups excluding tert-OH is 1. The third kappa shape index (κ3) is 4.02. The third-order valence-corrected chi connectivity index (χ3v) is 2.69. The Kier molecular flexibility index (Phi) is 4.54. The first-order valence-electron chi connectivity index (χ1n) is 6.09. The van der Waals surface area contributed by atoms with E-state index in [1.54, 1.807) is 20.8 Å². The van der Waals surface area contributed by atoms with Gasteiger partial charge in [-0.3, -0.25) is 0 Å². The molecular weight excluding hydrogens is 214 g/mol. The van der Waals surface area contributed by atoms with Crippen LogP contribution in [0.4, 0.5) is 5.69 Å². The molecule has 17 heavy (non-hydrogen) atoms. The first-order valence-corrected chi connectivity index (χ1v) is 6.09. The lowest BCUT2D eigenvalue weighted by Gasteiger charge is -2.32. The fourth-order valence-corrected chi connectivity index (χ4v) is 1.96. The summed E-state index contributed by atoms with van der Waals surface area (Å²) in [6, 6.07) is 7.78. The Labute approximate surface area is 104 Å². The molecule has 0 amide bonds. The lowest BCUT2D eigenvalue weighted by atomic mass is 10.0. The topological polar surface area (TPSA) is 43.7 Å². The molecule has 0 spiro atoms. The molecule has 0 heterocycles. The molecule has 0 aromatic heterocycles. The van der Waals surface area contributed by atoms with Crippen molar-refractivity contribution in [3.05, 3.63) is 29.8 Å². The smallest absolute Gasteiger partial charge is 0.0781 e. The van der Waals surface area contributed by atoms with E-state index in [0.29, 0.717) is 6.54 Å². The Morgan fingerprint density at radius 3 is 2.35 bits per heavy atom. The zero-order chi connectivity index (χ0) is 13.1. The van der Waals surface area contributed by atoms with Gasteiger partial charge in [0.15, 0.2) is 0 Å². The molecule has 1 unspecified atom stereocenters. The van der Waals surface area contributed by atoms with Crippen LogP contribution < -0.4 is 4.90 Å². The van der Waals surface area contributed by atoms with E-state index in [2.05, 4.69) is 4.90 Å². The highest BCUT2D eigenvalue weighted by atomic mass is 16.3. The average Bonchev–Trinajstić information content (AvgIpc) is 2.24. The van der Waals surface area contributed by atoms with Crippen molar-refractivity contribution < 1.29 is 10.2 Å². The Hall–Kier alpha value is -1.06. The SMILES string of the molecule is CCN(CC(C)(C)O)c1ccccc1C(C)O. The average molecular weight is 237 g/mol. The molecule has 0 aliphatic carbocycles. The van der Waals surface area contributed by atoms with Crippen molar-refractivity contribution in [3.63, 3.8) is 0 Å². The van der Waals surface area contributed by atoms with Crippen LogP contribution in [0.1, 0.15) is 39.4 Å². The van der Waals surface area contributed by atoms with Gasteiger partial charge < -0.3 is 15.1 Å². The summed E-state index contributed by atoms with van der Waals surface area (Å²) in [6.45, 7) is 8.74. The van der Waals surface area contributed by atoms with Crippen LogP contribution in [0.25, 0.3) is 0 Å². The number of likely N-dealkylation sites (N-methyl/N-ethyl adjacent to an activating group) is 1. The molecule has 1 aromatic carbocycles. The van der Waals surface area contributed by atoms with Gasteiger partial charge in [-0.05, 0) is 33.8 Å². The summed E-state index contributed by atoms with van der Waals surface area (Å²) in [6.07, 6.45) is -0.498. The summed E-state index contributed by atoms with van der Waals surface area (Å²) < 4.78 is 0. The second kappa shape index (κ2) is 5.52. The summed E-state index contributed by atoms with van der Waals surface area (Å²) in [5.74, 6) is 0. The molecule has 3 nitrogen and oxygen atoms in total. The quantitative estimate of drug-likeness (QED) is 0.826. The summed E-state index contributed by atoms with van der Waals surface area (Å²) in [7, 11) is 0. The molecule has 0 fully saturated rings. The Bertz CT molecular complexity index is 355. The lowest BCUT2D eigenvalue weighted by molar-refractivity contribution is 0.0873. The fraction of sp³-hybridized carbons (Fsp3) is 0.571. The maximum Gasteiger partial charge on any atom is 0.0781 e. The second-order valence-electron chi connectivity index (χ2n) is 5.06. The minimum Gasteiger partial charge on any atom is -0.389 e. The van der Waals surface area contributed by atoms with Gasteiger partial charge in [0, 0.05) is 24.3 Å². The third-order valence-electron chi connectivity index (χ3n) is 2.69. The number of hydrogen-bond acceptors (Lipinski definition) is 3. The normalized spacial score (nSPS) is 13.5. The van der Waals surface area contributed by atoms with Crippen LogP contribution in [0.15, 0.2) is 24.3 Å². The molecule has 0 saturated heterocycles. The predicted octanol–water partition coefficient (Wildman–Crippen LogP) is 2.34. The maximum absolute atomic E-state index is 9.91. The van der Waals surface area contributed by atoms with Gasteiger partial charge in [-0.25, -0.2) is 0 Å². The van der Waals surface area contributed by atoms with E-state index in [-0.39, 0.29) is 0 Å². The number of aliphatic hydroxyl groups is 2. The van der Waals surface area contributed by atoms with Crippen LogP contribution in [0.5, 0.6) is 0 Å². The van der Waals surface area contributed by atoms with Gasteiger partial charge in [-0.15, -0.1) is 0 Å². The van der Waals surface area contributed by atoms with Crippen molar-refractivity contribution >= 4 is 5.69 Å². The first kappa shape index (κ1) is 14.0. The maximum atomic E-state index is 9.91. The van der Waals surface area contributed by atoms with Gasteiger partial charge in [0.1, 0.15) is 0 Å². The minimum absolute atomic E-state index is 0.498. The number of anilines is 1. The summed E-state index contributed by atoms with van der Waals surface area (Å²) >= 11 is 0. The van der Waals surface area contributed by atoms with Crippen molar-refractivity contribution in [1.82, 2.24) is 0 Å². The van der Waals surface area contributed by atoms with E-state index < -0.39 is 11.7 Å². The summed E-state index contributed by atoms with van der Waals surface area (Å²) in [5.41, 5.74) is 1.15. The van der Waals surface area contributed by atoms with Gasteiger partial charge in [0.05, 0.1) is 11.7 Å². The molecule has 0 saturated carbocycles. The molecule has 0 aliphatic heterocycles. The van der Waals surface area contributed by atoms with E-state index in [4.69, 9.17) is 0 Å². The zero-order valence-electron chi connectivity index (χ0n) is 11.1. The standard InChI is InChI=1S/C14H23NO2/c1-5-15(10-14(3,4)17)13-9-7-6-8-12(13)11(2)16/h6-9,11,16-17H,5,10H2,1-4H3. The van der Waals surface area contributed by atoms with Gasteiger partial charge >= 0.3 is 0 Å². The molecule has 96 valence electrons. The highest BCUT2D eigenvalue weighted by molar-refractivity contribution is 5.54. The van der Waals surface area contributed by atoms with Gasteiger partial charge in [0.2, 0.25) is 0 Å². The largest absolute Gasteiger partial charge is 0.389 e. The van der Waals surface area contributed by atoms with Gasteiger partial charge in [-0.1, -0.05) is 18.2 Å². The highest BCUT2D eigenvalue weighted by Crippen LogP contribution is 2.27. The van der Waals surface area contributed by atoms with Crippen molar-refractivity contribution in [2.75, 3.05) is 18.0 Å². The van der Waals surface area contributed by atoms with Crippen molar-refractivity contribution in [3.8, 4) is 0 Å². The molecule has 0 radical (unpaired) electrons. The Morgan fingerprint density at radius 1 is 1.29 bits per heavy atom.